The third kappa shape index (κ3) is 3.42. The van der Waals surface area contributed by atoms with Crippen LogP contribution in [-0.4, -0.2) is 46.5 Å². The summed E-state index contributed by atoms with van der Waals surface area (Å²) in [6.45, 7) is 1.80. The van der Waals surface area contributed by atoms with Crippen molar-refractivity contribution in [1.29, 1.82) is 0 Å². The number of anilines is 1. The lowest BCUT2D eigenvalue weighted by Crippen LogP contribution is -2.54. The summed E-state index contributed by atoms with van der Waals surface area (Å²) in [4.78, 5) is 46.4. The van der Waals surface area contributed by atoms with Crippen molar-refractivity contribution in [3.63, 3.8) is 0 Å². The van der Waals surface area contributed by atoms with Crippen LogP contribution in [0, 0.1) is 10.1 Å². The zero-order valence-electron chi connectivity index (χ0n) is 12.9. The Hall–Kier alpha value is -3.17. The second-order valence-electron chi connectivity index (χ2n) is 5.66. The molecule has 0 atom stereocenters. The third-order valence-electron chi connectivity index (χ3n) is 3.38. The van der Waals surface area contributed by atoms with E-state index >= 15 is 0 Å². The monoisotopic (exact) mass is 337 g/mol. The lowest BCUT2D eigenvalue weighted by molar-refractivity contribution is -0.384. The standard InChI is InChI=1S/C14H15N3O7/c1-14(2,13(20)21)15-11(18)6-16-9-5-8(17(22)23)3-4-10(9)24-7-12(16)19/h3-5H,6-7H2,1-2H3,(H,15,18)(H,20,21). The van der Waals surface area contributed by atoms with Gasteiger partial charge in [-0.05, 0) is 19.9 Å². The maximum Gasteiger partial charge on any atom is 0.328 e. The van der Waals surface area contributed by atoms with Gasteiger partial charge in [-0.3, -0.25) is 24.6 Å². The minimum Gasteiger partial charge on any atom is -0.482 e. The van der Waals surface area contributed by atoms with Gasteiger partial charge in [0.05, 0.1) is 10.6 Å². The Morgan fingerprint density at radius 3 is 2.71 bits per heavy atom. The highest BCUT2D eigenvalue weighted by molar-refractivity contribution is 6.03. The quantitative estimate of drug-likeness (QED) is 0.582. The van der Waals surface area contributed by atoms with Crippen molar-refractivity contribution < 1.29 is 29.2 Å². The van der Waals surface area contributed by atoms with Crippen LogP contribution in [0.5, 0.6) is 5.75 Å². The van der Waals surface area contributed by atoms with Crippen molar-refractivity contribution in [1.82, 2.24) is 5.32 Å². The Morgan fingerprint density at radius 1 is 1.46 bits per heavy atom. The largest absolute Gasteiger partial charge is 0.482 e. The highest BCUT2D eigenvalue weighted by Crippen LogP contribution is 2.35. The number of amides is 2. The first-order chi connectivity index (χ1) is 11.1. The van der Waals surface area contributed by atoms with Crippen molar-refractivity contribution in [2.75, 3.05) is 18.1 Å². The SMILES string of the molecule is CC(C)(NC(=O)CN1C(=O)COc2ccc([N+](=O)[O-])cc21)C(=O)O. The average molecular weight is 337 g/mol. The van der Waals surface area contributed by atoms with Gasteiger partial charge in [0.2, 0.25) is 5.91 Å². The van der Waals surface area contributed by atoms with Crippen LogP contribution in [0.15, 0.2) is 18.2 Å². The second kappa shape index (κ2) is 6.14. The molecule has 128 valence electrons. The summed E-state index contributed by atoms with van der Waals surface area (Å²) < 4.78 is 5.18. The fourth-order valence-corrected chi connectivity index (χ4v) is 2.06. The maximum absolute atomic E-state index is 12.1. The Balaban J connectivity index is 2.26. The van der Waals surface area contributed by atoms with E-state index in [-0.39, 0.29) is 23.7 Å². The van der Waals surface area contributed by atoms with Gasteiger partial charge in [0, 0.05) is 12.1 Å². The number of nitro benzene ring substituents is 1. The van der Waals surface area contributed by atoms with E-state index in [4.69, 9.17) is 9.84 Å². The lowest BCUT2D eigenvalue weighted by atomic mass is 10.1. The van der Waals surface area contributed by atoms with Gasteiger partial charge in [0.25, 0.3) is 11.6 Å². The van der Waals surface area contributed by atoms with E-state index in [1.165, 1.54) is 26.0 Å². The number of fused-ring (bicyclic) bond motifs is 1. The molecule has 2 amide bonds. The Morgan fingerprint density at radius 2 is 2.12 bits per heavy atom. The van der Waals surface area contributed by atoms with E-state index < -0.39 is 34.8 Å². The van der Waals surface area contributed by atoms with Crippen molar-refractivity contribution in [2.24, 2.45) is 0 Å². The topological polar surface area (TPSA) is 139 Å². The van der Waals surface area contributed by atoms with Gasteiger partial charge in [-0.15, -0.1) is 0 Å². The van der Waals surface area contributed by atoms with Crippen LogP contribution in [-0.2, 0) is 14.4 Å². The van der Waals surface area contributed by atoms with Gasteiger partial charge >= 0.3 is 5.97 Å². The first kappa shape index (κ1) is 17.2. The second-order valence-corrected chi connectivity index (χ2v) is 5.66. The highest BCUT2D eigenvalue weighted by Gasteiger charge is 2.33. The number of nitrogens with zero attached hydrogens (tertiary/aromatic N) is 2. The fourth-order valence-electron chi connectivity index (χ4n) is 2.06. The minimum atomic E-state index is -1.52. The number of non-ortho nitro benzene ring substituents is 1. The molecule has 2 rings (SSSR count). The molecule has 1 heterocycles. The van der Waals surface area contributed by atoms with Crippen LogP contribution >= 0.6 is 0 Å². The van der Waals surface area contributed by atoms with E-state index in [0.717, 1.165) is 11.0 Å². The summed E-state index contributed by atoms with van der Waals surface area (Å²) in [5.74, 6) is -2.29. The number of rotatable bonds is 5. The van der Waals surface area contributed by atoms with Crippen LogP contribution in [0.2, 0.25) is 0 Å². The molecule has 0 fully saturated rings. The average Bonchev–Trinajstić information content (AvgIpc) is 2.49. The van der Waals surface area contributed by atoms with E-state index in [2.05, 4.69) is 5.32 Å². The van der Waals surface area contributed by atoms with Gasteiger partial charge in [0.1, 0.15) is 17.8 Å². The lowest BCUT2D eigenvalue weighted by Gasteiger charge is -2.30. The summed E-state index contributed by atoms with van der Waals surface area (Å²) in [6.07, 6.45) is 0. The summed E-state index contributed by atoms with van der Waals surface area (Å²) in [5.41, 5.74) is -1.69. The third-order valence-corrected chi connectivity index (χ3v) is 3.38. The number of carbonyl (C=O) groups excluding carboxylic acids is 2. The first-order valence-corrected chi connectivity index (χ1v) is 6.88. The molecule has 0 aromatic heterocycles. The molecule has 10 heteroatoms. The number of nitro groups is 1. The fraction of sp³-hybridized carbons (Fsp3) is 0.357. The number of benzene rings is 1. The van der Waals surface area contributed by atoms with E-state index in [9.17, 15) is 24.5 Å². The summed E-state index contributed by atoms with van der Waals surface area (Å²) in [6, 6.07) is 3.69. The molecule has 2 N–H and O–H groups in total. The van der Waals surface area contributed by atoms with E-state index in [1.807, 2.05) is 0 Å². The molecule has 0 bridgehead atoms. The maximum atomic E-state index is 12.1. The van der Waals surface area contributed by atoms with Gasteiger partial charge in [-0.25, -0.2) is 4.79 Å². The molecule has 1 aliphatic heterocycles. The number of ether oxygens (including phenoxy) is 1. The van der Waals surface area contributed by atoms with Crippen molar-refractivity contribution in [2.45, 2.75) is 19.4 Å². The van der Waals surface area contributed by atoms with E-state index in [0.29, 0.717) is 0 Å². The van der Waals surface area contributed by atoms with E-state index in [1.54, 1.807) is 0 Å². The normalized spacial score (nSPS) is 13.8. The van der Waals surface area contributed by atoms with Gasteiger partial charge < -0.3 is 15.2 Å². The zero-order chi connectivity index (χ0) is 18.1. The molecular formula is C14H15N3O7. The van der Waals surface area contributed by atoms with Crippen LogP contribution in [0.3, 0.4) is 0 Å². The molecule has 1 aliphatic rings. The predicted molar refractivity (Wildman–Crippen MR) is 80.8 cm³/mol. The number of hydrogen-bond donors (Lipinski definition) is 2. The highest BCUT2D eigenvalue weighted by atomic mass is 16.6. The molecule has 24 heavy (non-hydrogen) atoms. The summed E-state index contributed by atoms with van der Waals surface area (Å²) in [7, 11) is 0. The zero-order valence-corrected chi connectivity index (χ0v) is 12.9. The molecule has 1 aromatic rings. The van der Waals surface area contributed by atoms with Crippen LogP contribution in [0.4, 0.5) is 11.4 Å². The van der Waals surface area contributed by atoms with Crippen LogP contribution < -0.4 is 15.0 Å². The van der Waals surface area contributed by atoms with Crippen LogP contribution in [0.25, 0.3) is 0 Å². The molecule has 1 aromatic carbocycles. The molecule has 0 aliphatic carbocycles. The van der Waals surface area contributed by atoms with Gasteiger partial charge in [0.15, 0.2) is 6.61 Å². The number of carbonyl (C=O) groups is 3. The molecule has 0 saturated carbocycles. The number of nitrogens with one attached hydrogen (secondary N) is 1. The molecule has 0 spiro atoms. The van der Waals surface area contributed by atoms with Gasteiger partial charge in [-0.2, -0.15) is 0 Å². The molecule has 0 radical (unpaired) electrons. The van der Waals surface area contributed by atoms with Crippen molar-refractivity contribution >= 4 is 29.2 Å². The van der Waals surface area contributed by atoms with Crippen LogP contribution in [0.1, 0.15) is 13.8 Å². The minimum absolute atomic E-state index is 0.0868. The summed E-state index contributed by atoms with van der Waals surface area (Å²) >= 11 is 0. The first-order valence-electron chi connectivity index (χ1n) is 6.88. The van der Waals surface area contributed by atoms with Gasteiger partial charge in [-0.1, -0.05) is 0 Å². The Labute approximate surface area is 136 Å². The van der Waals surface area contributed by atoms with Crippen molar-refractivity contribution in [3.05, 3.63) is 28.3 Å². The number of carboxylic acids is 1. The smallest absolute Gasteiger partial charge is 0.328 e. The number of carboxylic acid groups (broad SMARTS) is 1. The number of hydrogen-bond acceptors (Lipinski definition) is 6. The Kier molecular flexibility index (Phi) is 4.40. The predicted octanol–water partition coefficient (Wildman–Crippen LogP) is 0.300. The molecule has 0 unspecified atom stereocenters. The molecular weight excluding hydrogens is 322 g/mol. The molecule has 10 nitrogen and oxygen atoms in total. The molecule has 0 saturated heterocycles. The number of aliphatic carboxylic acids is 1. The van der Waals surface area contributed by atoms with Crippen molar-refractivity contribution in [3.8, 4) is 5.75 Å². The Bertz CT molecular complexity index is 729. The summed E-state index contributed by atoms with van der Waals surface area (Å²) in [5, 5.41) is 22.2.